The number of aromatic hydroxyl groups is 1. The molecule has 0 atom stereocenters. The number of nitrogens with zero attached hydrogens (tertiary/aromatic N) is 2. The van der Waals surface area contributed by atoms with Gasteiger partial charge in [-0.1, -0.05) is 25.1 Å². The molecule has 0 aliphatic carbocycles. The molecule has 146 valence electrons. The Hall–Kier alpha value is -2.00. The first-order valence-corrected chi connectivity index (χ1v) is 10.9. The number of aliphatic imine (C=N–C) groups is 1. The van der Waals surface area contributed by atoms with Crippen LogP contribution < -0.4 is 4.74 Å². The first-order chi connectivity index (χ1) is 13.5. The van der Waals surface area contributed by atoms with Gasteiger partial charge in [-0.25, -0.2) is 4.99 Å². The number of carbonyl (C=O) groups excluding carboxylic acids is 1. The fourth-order valence-electron chi connectivity index (χ4n) is 2.72. The summed E-state index contributed by atoms with van der Waals surface area (Å²) in [5, 5.41) is 10.8. The van der Waals surface area contributed by atoms with E-state index in [2.05, 4.69) is 27.6 Å². The first kappa shape index (κ1) is 20.7. The van der Waals surface area contributed by atoms with Crippen molar-refractivity contribution in [1.29, 1.82) is 0 Å². The Kier molecular flexibility index (Phi) is 7.01. The van der Waals surface area contributed by atoms with Crippen LogP contribution in [0.1, 0.15) is 25.8 Å². The van der Waals surface area contributed by atoms with Crippen LogP contribution in [0.2, 0.25) is 0 Å². The molecule has 2 aromatic carbocycles. The topological polar surface area (TPSA) is 62.1 Å². The third kappa shape index (κ3) is 4.70. The minimum absolute atomic E-state index is 0.0532. The van der Waals surface area contributed by atoms with Crippen LogP contribution in [0.4, 0.5) is 5.69 Å². The van der Waals surface area contributed by atoms with Crippen molar-refractivity contribution in [3.8, 4) is 11.5 Å². The second-order valence-electron chi connectivity index (χ2n) is 6.08. The zero-order valence-corrected chi connectivity index (χ0v) is 18.7. The molecule has 1 saturated heterocycles. The van der Waals surface area contributed by atoms with Crippen LogP contribution in [0.5, 0.6) is 11.5 Å². The van der Waals surface area contributed by atoms with E-state index in [1.807, 2.05) is 56.3 Å². The number of phenols is 1. The van der Waals surface area contributed by atoms with Crippen LogP contribution in [0.25, 0.3) is 6.08 Å². The third-order valence-corrected chi connectivity index (χ3v) is 5.79. The fourth-order valence-corrected chi connectivity index (χ4v) is 4.37. The van der Waals surface area contributed by atoms with E-state index in [4.69, 9.17) is 4.74 Å². The second-order valence-corrected chi connectivity index (χ2v) is 8.25. The summed E-state index contributed by atoms with van der Waals surface area (Å²) in [7, 11) is 0. The number of para-hydroxylation sites is 1. The van der Waals surface area contributed by atoms with Gasteiger partial charge in [0.1, 0.15) is 0 Å². The molecule has 1 fully saturated rings. The molecule has 1 N–H and O–H groups in total. The number of ether oxygens (including phenoxy) is 1. The molecule has 28 heavy (non-hydrogen) atoms. The van der Waals surface area contributed by atoms with Crippen LogP contribution in [-0.4, -0.2) is 34.2 Å². The van der Waals surface area contributed by atoms with Crippen molar-refractivity contribution in [3.05, 3.63) is 56.5 Å². The molecule has 1 heterocycles. The molecular weight excluding hydrogens is 487 g/mol. The molecule has 2 aromatic rings. The Bertz CT molecular complexity index is 929. The Morgan fingerprint density at radius 2 is 2.00 bits per heavy atom. The maximum absolute atomic E-state index is 12.9. The zero-order valence-electron chi connectivity index (χ0n) is 15.7. The highest BCUT2D eigenvalue weighted by molar-refractivity contribution is 14.1. The minimum Gasteiger partial charge on any atom is -0.504 e. The van der Waals surface area contributed by atoms with Gasteiger partial charge in [-0.15, -0.1) is 0 Å². The molecule has 0 radical (unpaired) electrons. The Labute approximate surface area is 182 Å². The molecule has 1 aliphatic rings. The Balaban J connectivity index is 1.96. The Morgan fingerprint density at radius 1 is 1.25 bits per heavy atom. The minimum atomic E-state index is -0.0532. The van der Waals surface area contributed by atoms with Gasteiger partial charge in [0.05, 0.1) is 20.8 Å². The van der Waals surface area contributed by atoms with Gasteiger partial charge in [0, 0.05) is 6.54 Å². The van der Waals surface area contributed by atoms with Crippen molar-refractivity contribution in [2.24, 2.45) is 4.99 Å². The van der Waals surface area contributed by atoms with Gasteiger partial charge in [0.25, 0.3) is 5.91 Å². The van der Waals surface area contributed by atoms with Gasteiger partial charge in [0.2, 0.25) is 0 Å². The molecule has 3 rings (SSSR count). The molecule has 1 amide bonds. The van der Waals surface area contributed by atoms with Crippen LogP contribution in [-0.2, 0) is 4.79 Å². The van der Waals surface area contributed by atoms with Crippen molar-refractivity contribution in [2.75, 3.05) is 13.2 Å². The maximum atomic E-state index is 12.9. The summed E-state index contributed by atoms with van der Waals surface area (Å²) in [5.74, 6) is 0.483. The highest BCUT2D eigenvalue weighted by atomic mass is 127. The number of halogens is 1. The average Bonchev–Trinajstić information content (AvgIpc) is 2.96. The monoisotopic (exact) mass is 508 g/mol. The first-order valence-electron chi connectivity index (χ1n) is 9.04. The van der Waals surface area contributed by atoms with Crippen molar-refractivity contribution in [2.45, 2.75) is 20.3 Å². The second kappa shape index (κ2) is 9.47. The zero-order chi connectivity index (χ0) is 20.1. The average molecular weight is 508 g/mol. The summed E-state index contributed by atoms with van der Waals surface area (Å²) in [6.45, 7) is 4.97. The van der Waals surface area contributed by atoms with E-state index in [9.17, 15) is 9.90 Å². The van der Waals surface area contributed by atoms with Gasteiger partial charge in [0.15, 0.2) is 16.7 Å². The van der Waals surface area contributed by atoms with E-state index in [0.717, 1.165) is 17.7 Å². The number of benzene rings is 2. The van der Waals surface area contributed by atoms with Gasteiger partial charge in [-0.05, 0) is 83.6 Å². The van der Waals surface area contributed by atoms with Crippen LogP contribution >= 0.6 is 34.4 Å². The van der Waals surface area contributed by atoms with Crippen molar-refractivity contribution >= 4 is 57.2 Å². The fraction of sp³-hybridized carbons (Fsp3) is 0.238. The van der Waals surface area contributed by atoms with Crippen LogP contribution in [0.3, 0.4) is 0 Å². The SMILES string of the molecule is CCCN1C(=O)/C(=C\c2cc(I)c(O)c(OCC)c2)SC1=Nc1ccccc1. The van der Waals surface area contributed by atoms with E-state index >= 15 is 0 Å². The number of amides is 1. The van der Waals surface area contributed by atoms with E-state index in [0.29, 0.717) is 32.5 Å². The van der Waals surface area contributed by atoms with E-state index in [1.165, 1.54) is 11.8 Å². The highest BCUT2D eigenvalue weighted by Crippen LogP contribution is 2.37. The molecule has 7 heteroatoms. The number of hydrogen-bond acceptors (Lipinski definition) is 5. The van der Waals surface area contributed by atoms with Crippen molar-refractivity contribution < 1.29 is 14.6 Å². The summed E-state index contributed by atoms with van der Waals surface area (Å²) in [6, 6.07) is 13.2. The third-order valence-electron chi connectivity index (χ3n) is 3.96. The molecule has 0 aromatic heterocycles. The number of carbonyl (C=O) groups is 1. The summed E-state index contributed by atoms with van der Waals surface area (Å²) in [5.41, 5.74) is 1.62. The quantitative estimate of drug-likeness (QED) is 0.419. The lowest BCUT2D eigenvalue weighted by Gasteiger charge is -2.13. The lowest BCUT2D eigenvalue weighted by molar-refractivity contribution is -0.122. The number of hydrogen-bond donors (Lipinski definition) is 1. The molecule has 1 aliphatic heterocycles. The summed E-state index contributed by atoms with van der Waals surface area (Å²) >= 11 is 3.43. The summed E-state index contributed by atoms with van der Waals surface area (Å²) in [4.78, 5) is 19.9. The number of phenolic OH excluding ortho intramolecular Hbond substituents is 1. The lowest BCUT2D eigenvalue weighted by Crippen LogP contribution is -2.29. The predicted octanol–water partition coefficient (Wildman–Crippen LogP) is 5.41. The largest absolute Gasteiger partial charge is 0.504 e. The van der Waals surface area contributed by atoms with Crippen LogP contribution in [0.15, 0.2) is 52.4 Å². The smallest absolute Gasteiger partial charge is 0.266 e. The van der Waals surface area contributed by atoms with Gasteiger partial charge >= 0.3 is 0 Å². The van der Waals surface area contributed by atoms with E-state index in [1.54, 1.807) is 11.0 Å². The molecule has 0 unspecified atom stereocenters. The maximum Gasteiger partial charge on any atom is 0.266 e. The van der Waals surface area contributed by atoms with Gasteiger partial charge in [-0.3, -0.25) is 9.69 Å². The summed E-state index contributed by atoms with van der Waals surface area (Å²) < 4.78 is 6.17. The standard InChI is InChI=1S/C21H21IN2O3S/c1-3-10-24-20(26)18(28-21(24)23-15-8-6-5-7-9-15)13-14-11-16(22)19(25)17(12-14)27-4-2/h5-9,11-13,25H,3-4,10H2,1-2H3/b18-13+,23-21?. The molecule has 0 spiro atoms. The lowest BCUT2D eigenvalue weighted by atomic mass is 10.2. The normalized spacial score (nSPS) is 17.0. The van der Waals surface area contributed by atoms with Crippen molar-refractivity contribution in [1.82, 2.24) is 4.90 Å². The molecule has 5 nitrogen and oxygen atoms in total. The highest BCUT2D eigenvalue weighted by Gasteiger charge is 2.32. The molecular formula is C21H21IN2O3S. The van der Waals surface area contributed by atoms with Gasteiger partial charge < -0.3 is 9.84 Å². The molecule has 0 saturated carbocycles. The Morgan fingerprint density at radius 3 is 2.68 bits per heavy atom. The summed E-state index contributed by atoms with van der Waals surface area (Å²) in [6.07, 6.45) is 2.67. The van der Waals surface area contributed by atoms with Crippen molar-refractivity contribution in [3.63, 3.8) is 0 Å². The number of amidine groups is 1. The number of rotatable bonds is 6. The molecule has 0 bridgehead atoms. The van der Waals surface area contributed by atoms with E-state index in [-0.39, 0.29) is 11.7 Å². The number of thioether (sulfide) groups is 1. The van der Waals surface area contributed by atoms with E-state index < -0.39 is 0 Å². The van der Waals surface area contributed by atoms with Gasteiger partial charge in [-0.2, -0.15) is 0 Å². The van der Waals surface area contributed by atoms with Crippen LogP contribution in [0, 0.1) is 3.57 Å². The predicted molar refractivity (Wildman–Crippen MR) is 123 cm³/mol.